The highest BCUT2D eigenvalue weighted by Crippen LogP contribution is 2.26. The second kappa shape index (κ2) is 6.40. The number of nitrogens with one attached hydrogen (secondary N) is 1. The lowest BCUT2D eigenvalue weighted by Crippen LogP contribution is -2.47. The number of hydrogen-bond acceptors (Lipinski definition) is 2. The van der Waals surface area contributed by atoms with Crippen molar-refractivity contribution in [1.82, 2.24) is 5.32 Å². The molecule has 104 valence electrons. The molecule has 2 rings (SSSR count). The van der Waals surface area contributed by atoms with Crippen LogP contribution in [0.4, 0.5) is 5.69 Å². The van der Waals surface area contributed by atoms with Crippen LogP contribution in [0.15, 0.2) is 24.3 Å². The minimum Gasteiger partial charge on any atom is -0.317 e. The average molecular weight is 281 g/mol. The standard InChI is InChI=1S/C15H21ClN2O/c1-11(2)15(19)18(13-6-8-17-9-7-13)14-5-3-4-12(16)10-14/h3-5,10-11,13,17H,6-9H2,1-2H3. The van der Waals surface area contributed by atoms with Crippen LogP contribution in [0.3, 0.4) is 0 Å². The molecule has 0 atom stereocenters. The monoisotopic (exact) mass is 280 g/mol. The third kappa shape index (κ3) is 3.48. The quantitative estimate of drug-likeness (QED) is 0.923. The van der Waals surface area contributed by atoms with E-state index in [1.807, 2.05) is 43.0 Å². The molecule has 0 saturated carbocycles. The first kappa shape index (κ1) is 14.4. The van der Waals surface area contributed by atoms with Crippen molar-refractivity contribution >= 4 is 23.2 Å². The number of halogens is 1. The number of anilines is 1. The van der Waals surface area contributed by atoms with Gasteiger partial charge in [0.2, 0.25) is 5.91 Å². The number of nitrogens with zero attached hydrogens (tertiary/aromatic N) is 1. The summed E-state index contributed by atoms with van der Waals surface area (Å²) in [4.78, 5) is 14.5. The molecule has 3 nitrogen and oxygen atoms in total. The van der Waals surface area contributed by atoms with E-state index in [9.17, 15) is 4.79 Å². The van der Waals surface area contributed by atoms with Gasteiger partial charge in [0, 0.05) is 22.7 Å². The maximum atomic E-state index is 12.5. The Labute approximate surface area is 119 Å². The van der Waals surface area contributed by atoms with E-state index < -0.39 is 0 Å². The molecular weight excluding hydrogens is 260 g/mol. The van der Waals surface area contributed by atoms with Crippen molar-refractivity contribution in [3.05, 3.63) is 29.3 Å². The number of benzene rings is 1. The Hall–Kier alpha value is -1.06. The molecule has 1 saturated heterocycles. The molecule has 1 aromatic carbocycles. The fraction of sp³-hybridized carbons (Fsp3) is 0.533. The van der Waals surface area contributed by atoms with Gasteiger partial charge >= 0.3 is 0 Å². The summed E-state index contributed by atoms with van der Waals surface area (Å²) in [6, 6.07) is 7.86. The number of rotatable bonds is 3. The van der Waals surface area contributed by atoms with Crippen LogP contribution in [-0.4, -0.2) is 25.0 Å². The first-order valence-electron chi connectivity index (χ1n) is 6.89. The molecule has 1 aliphatic rings. The minimum absolute atomic E-state index is 0.00568. The van der Waals surface area contributed by atoms with Crippen molar-refractivity contribution in [2.45, 2.75) is 32.7 Å². The number of carbonyl (C=O) groups is 1. The fourth-order valence-electron chi connectivity index (χ4n) is 2.49. The summed E-state index contributed by atoms with van der Waals surface area (Å²) in [5.41, 5.74) is 0.915. The van der Waals surface area contributed by atoms with Gasteiger partial charge in [-0.2, -0.15) is 0 Å². The molecule has 0 radical (unpaired) electrons. The zero-order valence-corrected chi connectivity index (χ0v) is 12.3. The minimum atomic E-state index is -0.00568. The van der Waals surface area contributed by atoms with Crippen LogP contribution in [0.25, 0.3) is 0 Å². The summed E-state index contributed by atoms with van der Waals surface area (Å²) in [5.74, 6) is 0.169. The summed E-state index contributed by atoms with van der Waals surface area (Å²) in [6.45, 7) is 5.82. The zero-order chi connectivity index (χ0) is 13.8. The third-order valence-corrected chi connectivity index (χ3v) is 3.73. The van der Waals surface area contributed by atoms with Crippen LogP contribution in [-0.2, 0) is 4.79 Å². The van der Waals surface area contributed by atoms with Crippen LogP contribution in [0.2, 0.25) is 5.02 Å². The Bertz CT molecular complexity index is 442. The summed E-state index contributed by atoms with van der Waals surface area (Å²) < 4.78 is 0. The molecule has 1 fully saturated rings. The van der Waals surface area contributed by atoms with Crippen molar-refractivity contribution < 1.29 is 4.79 Å². The van der Waals surface area contributed by atoms with E-state index in [0.29, 0.717) is 5.02 Å². The molecule has 1 aromatic rings. The topological polar surface area (TPSA) is 32.3 Å². The second-order valence-corrected chi connectivity index (χ2v) is 5.76. The van der Waals surface area contributed by atoms with Crippen LogP contribution in [0.5, 0.6) is 0 Å². The van der Waals surface area contributed by atoms with Gasteiger partial charge in [-0.15, -0.1) is 0 Å². The Balaban J connectivity index is 2.30. The van der Waals surface area contributed by atoms with Crippen LogP contribution in [0, 0.1) is 5.92 Å². The lowest BCUT2D eigenvalue weighted by atomic mass is 10.0. The van der Waals surface area contributed by atoms with Gasteiger partial charge in [-0.25, -0.2) is 0 Å². The molecule has 0 aromatic heterocycles. The highest BCUT2D eigenvalue weighted by atomic mass is 35.5. The molecule has 1 amide bonds. The maximum absolute atomic E-state index is 12.5. The number of amides is 1. The number of piperidine rings is 1. The normalized spacial score (nSPS) is 16.6. The van der Waals surface area contributed by atoms with E-state index in [2.05, 4.69) is 5.32 Å². The van der Waals surface area contributed by atoms with Crippen LogP contribution >= 0.6 is 11.6 Å². The summed E-state index contributed by atoms with van der Waals surface area (Å²) in [5, 5.41) is 4.01. The lowest BCUT2D eigenvalue weighted by Gasteiger charge is -2.36. The highest BCUT2D eigenvalue weighted by Gasteiger charge is 2.28. The molecule has 19 heavy (non-hydrogen) atoms. The number of hydrogen-bond donors (Lipinski definition) is 1. The first-order chi connectivity index (χ1) is 9.09. The van der Waals surface area contributed by atoms with E-state index in [4.69, 9.17) is 11.6 Å². The van der Waals surface area contributed by atoms with Gasteiger partial charge in [0.25, 0.3) is 0 Å². The van der Waals surface area contributed by atoms with E-state index in [1.54, 1.807) is 0 Å². The van der Waals surface area contributed by atoms with Crippen molar-refractivity contribution in [1.29, 1.82) is 0 Å². The van der Waals surface area contributed by atoms with Crippen molar-refractivity contribution in [3.63, 3.8) is 0 Å². The Morgan fingerprint density at radius 2 is 2.05 bits per heavy atom. The number of carbonyl (C=O) groups excluding carboxylic acids is 1. The van der Waals surface area contributed by atoms with Gasteiger partial charge in [0.05, 0.1) is 0 Å². The Kier molecular flexibility index (Phi) is 4.83. The van der Waals surface area contributed by atoms with Gasteiger partial charge in [-0.3, -0.25) is 4.79 Å². The van der Waals surface area contributed by atoms with E-state index in [0.717, 1.165) is 31.6 Å². The van der Waals surface area contributed by atoms with Gasteiger partial charge in [0.15, 0.2) is 0 Å². The van der Waals surface area contributed by atoms with Gasteiger partial charge in [-0.1, -0.05) is 31.5 Å². The average Bonchev–Trinajstić information content (AvgIpc) is 2.40. The molecule has 0 unspecified atom stereocenters. The third-order valence-electron chi connectivity index (χ3n) is 3.49. The first-order valence-corrected chi connectivity index (χ1v) is 7.26. The summed E-state index contributed by atoms with van der Waals surface area (Å²) >= 11 is 6.06. The molecule has 1 aliphatic heterocycles. The van der Waals surface area contributed by atoms with Crippen LogP contribution < -0.4 is 10.2 Å². The Morgan fingerprint density at radius 1 is 1.37 bits per heavy atom. The lowest BCUT2D eigenvalue weighted by molar-refractivity contribution is -0.122. The van der Waals surface area contributed by atoms with Gasteiger partial charge < -0.3 is 10.2 Å². The SMILES string of the molecule is CC(C)C(=O)N(c1cccc(Cl)c1)C1CCNCC1. The predicted molar refractivity (Wildman–Crippen MR) is 79.7 cm³/mol. The van der Waals surface area contributed by atoms with Crippen molar-refractivity contribution in [3.8, 4) is 0 Å². The Morgan fingerprint density at radius 3 is 2.63 bits per heavy atom. The van der Waals surface area contributed by atoms with Gasteiger partial charge in [0.1, 0.15) is 0 Å². The summed E-state index contributed by atoms with van der Waals surface area (Å²) in [7, 11) is 0. The molecule has 4 heteroatoms. The fourth-order valence-corrected chi connectivity index (χ4v) is 2.67. The highest BCUT2D eigenvalue weighted by molar-refractivity contribution is 6.30. The smallest absolute Gasteiger partial charge is 0.229 e. The largest absolute Gasteiger partial charge is 0.317 e. The predicted octanol–water partition coefficient (Wildman–Crippen LogP) is 3.08. The van der Waals surface area contributed by atoms with E-state index in [-0.39, 0.29) is 17.9 Å². The van der Waals surface area contributed by atoms with Crippen LogP contribution in [0.1, 0.15) is 26.7 Å². The summed E-state index contributed by atoms with van der Waals surface area (Å²) in [6.07, 6.45) is 1.98. The molecule has 1 N–H and O–H groups in total. The molecule has 1 heterocycles. The van der Waals surface area contributed by atoms with E-state index >= 15 is 0 Å². The van der Waals surface area contributed by atoms with E-state index in [1.165, 1.54) is 0 Å². The van der Waals surface area contributed by atoms with Crippen molar-refractivity contribution in [2.24, 2.45) is 5.92 Å². The maximum Gasteiger partial charge on any atom is 0.229 e. The molecule has 0 bridgehead atoms. The molecule has 0 aliphatic carbocycles. The van der Waals surface area contributed by atoms with Gasteiger partial charge in [-0.05, 0) is 44.1 Å². The van der Waals surface area contributed by atoms with Crippen molar-refractivity contribution in [2.75, 3.05) is 18.0 Å². The second-order valence-electron chi connectivity index (χ2n) is 5.32. The zero-order valence-electron chi connectivity index (χ0n) is 11.5. The molecule has 0 spiro atoms. The molecular formula is C15H21ClN2O.